The second-order valence-corrected chi connectivity index (χ2v) is 13.3. The van der Waals surface area contributed by atoms with Crippen molar-refractivity contribution in [2.24, 2.45) is 0 Å². The molecular formula is C33H33NOP+. The van der Waals surface area contributed by atoms with Crippen LogP contribution in [0.15, 0.2) is 127 Å². The quantitative estimate of drug-likeness (QED) is 0.225. The zero-order valence-corrected chi connectivity index (χ0v) is 22.2. The van der Waals surface area contributed by atoms with Crippen molar-refractivity contribution in [1.82, 2.24) is 0 Å². The minimum absolute atomic E-state index is 0.175. The fraction of sp³-hybridized carbons (Fsp3) is 0.182. The van der Waals surface area contributed by atoms with Gasteiger partial charge in [0.1, 0.15) is 29.3 Å². The maximum absolute atomic E-state index is 14.2. The van der Waals surface area contributed by atoms with Gasteiger partial charge in [0.25, 0.3) is 0 Å². The van der Waals surface area contributed by atoms with Gasteiger partial charge in [-0.3, -0.25) is 4.79 Å². The number of hydrogen-bond donors (Lipinski definition) is 0. The smallest absolute Gasteiger partial charge is 0.195 e. The Morgan fingerprint density at radius 1 is 0.722 bits per heavy atom. The van der Waals surface area contributed by atoms with Crippen LogP contribution in [0.5, 0.6) is 0 Å². The number of hydrogen-bond acceptors (Lipinski definition) is 2. The first-order valence-electron chi connectivity index (χ1n) is 12.7. The summed E-state index contributed by atoms with van der Waals surface area (Å²) in [6.45, 7) is 7.45. The molecule has 5 rings (SSSR count). The Hall–Kier alpha value is -3.48. The molecule has 180 valence electrons. The van der Waals surface area contributed by atoms with Crippen LogP contribution >= 0.6 is 7.26 Å². The minimum Gasteiger partial charge on any atom is -0.344 e. The van der Waals surface area contributed by atoms with Crippen LogP contribution < -0.4 is 20.8 Å². The van der Waals surface area contributed by atoms with Crippen LogP contribution in [0.1, 0.15) is 26.3 Å². The molecule has 2 nitrogen and oxygen atoms in total. The van der Waals surface area contributed by atoms with Gasteiger partial charge < -0.3 is 4.90 Å². The average molecular weight is 491 g/mol. The topological polar surface area (TPSA) is 20.3 Å². The lowest BCUT2D eigenvalue weighted by Crippen LogP contribution is -2.36. The molecule has 0 saturated heterocycles. The third-order valence-corrected chi connectivity index (χ3v) is 11.7. The van der Waals surface area contributed by atoms with Crippen molar-refractivity contribution in [2.75, 3.05) is 17.6 Å². The number of fused-ring (bicyclic) bond motifs is 1. The molecule has 4 aromatic rings. The van der Waals surface area contributed by atoms with E-state index in [1.54, 1.807) is 0 Å². The molecule has 36 heavy (non-hydrogen) atoms. The lowest BCUT2D eigenvalue weighted by atomic mass is 9.83. The van der Waals surface area contributed by atoms with Crippen molar-refractivity contribution in [3.63, 3.8) is 0 Å². The van der Waals surface area contributed by atoms with Gasteiger partial charge in [0.05, 0.1) is 0 Å². The Morgan fingerprint density at radius 3 is 1.64 bits per heavy atom. The van der Waals surface area contributed by atoms with Crippen LogP contribution in [0.2, 0.25) is 0 Å². The maximum Gasteiger partial charge on any atom is 0.195 e. The highest BCUT2D eigenvalue weighted by Crippen LogP contribution is 2.55. The van der Waals surface area contributed by atoms with E-state index < -0.39 is 7.26 Å². The van der Waals surface area contributed by atoms with Crippen LogP contribution in [-0.2, 0) is 10.2 Å². The standard InChI is InChI=1S/C33H33NOP/c1-4-34-31-23-15-14-22-30(31)33(2,3)32(34)24-26(35)25-36(27-16-8-5-9-17-27,28-18-10-6-11-19-28)29-20-12-7-13-21-29/h5-24H,4,25H2,1-3H3/q+1/b32-24+. The number of rotatable bonds is 7. The Balaban J connectivity index is 1.66. The van der Waals surface area contributed by atoms with Gasteiger partial charge in [0, 0.05) is 29.4 Å². The van der Waals surface area contributed by atoms with E-state index >= 15 is 0 Å². The molecule has 0 aliphatic carbocycles. The van der Waals surface area contributed by atoms with E-state index in [0.29, 0.717) is 6.16 Å². The summed E-state index contributed by atoms with van der Waals surface area (Å²) in [5.41, 5.74) is 3.35. The lowest BCUT2D eigenvalue weighted by Gasteiger charge is -2.28. The lowest BCUT2D eigenvalue weighted by molar-refractivity contribution is -0.112. The number of para-hydroxylation sites is 1. The maximum atomic E-state index is 14.2. The average Bonchev–Trinajstić information content (AvgIpc) is 3.14. The van der Waals surface area contributed by atoms with Crippen LogP contribution in [0.3, 0.4) is 0 Å². The molecule has 0 spiro atoms. The summed E-state index contributed by atoms with van der Waals surface area (Å²) in [6.07, 6.45) is 2.39. The molecule has 0 saturated carbocycles. The van der Waals surface area contributed by atoms with Crippen LogP contribution in [0.4, 0.5) is 5.69 Å². The Morgan fingerprint density at radius 2 is 1.17 bits per heavy atom. The first-order chi connectivity index (χ1) is 17.5. The number of nitrogens with zero attached hydrogens (tertiary/aromatic N) is 1. The Kier molecular flexibility index (Phi) is 6.65. The van der Waals surface area contributed by atoms with Crippen molar-refractivity contribution in [3.05, 3.63) is 133 Å². The monoisotopic (exact) mass is 490 g/mol. The van der Waals surface area contributed by atoms with Gasteiger partial charge in [-0.15, -0.1) is 0 Å². The third kappa shape index (κ3) is 4.10. The van der Waals surface area contributed by atoms with E-state index in [1.807, 2.05) is 6.08 Å². The zero-order chi connectivity index (χ0) is 25.2. The summed E-state index contributed by atoms with van der Waals surface area (Å²) in [5, 5.41) is 3.70. The number of carbonyl (C=O) groups excluding carboxylic acids is 1. The van der Waals surface area contributed by atoms with Crippen molar-refractivity contribution >= 4 is 34.6 Å². The summed E-state index contributed by atoms with van der Waals surface area (Å²) < 4.78 is 0. The molecule has 0 fully saturated rings. The predicted octanol–water partition coefficient (Wildman–Crippen LogP) is 6.25. The molecule has 0 aromatic heterocycles. The number of ketones is 1. The Labute approximate surface area is 215 Å². The molecule has 3 heteroatoms. The Bertz CT molecular complexity index is 1280. The molecular weight excluding hydrogens is 457 g/mol. The molecule has 4 aromatic carbocycles. The summed E-state index contributed by atoms with van der Waals surface area (Å²) in [4.78, 5) is 16.5. The van der Waals surface area contributed by atoms with Gasteiger partial charge in [0.15, 0.2) is 5.78 Å². The highest BCUT2D eigenvalue weighted by Gasteiger charge is 2.47. The van der Waals surface area contributed by atoms with Crippen LogP contribution in [0, 0.1) is 0 Å². The predicted molar refractivity (Wildman–Crippen MR) is 156 cm³/mol. The molecule has 0 unspecified atom stereocenters. The van der Waals surface area contributed by atoms with Gasteiger partial charge in [-0.05, 0) is 55.0 Å². The van der Waals surface area contributed by atoms with Gasteiger partial charge in [-0.25, -0.2) is 0 Å². The molecule has 0 N–H and O–H groups in total. The molecule has 1 aliphatic rings. The van der Waals surface area contributed by atoms with Crippen molar-refractivity contribution in [3.8, 4) is 0 Å². The zero-order valence-electron chi connectivity index (χ0n) is 21.3. The highest BCUT2D eigenvalue weighted by atomic mass is 31.2. The second-order valence-electron chi connectivity index (χ2n) is 9.86. The first kappa shape index (κ1) is 24.2. The van der Waals surface area contributed by atoms with Crippen molar-refractivity contribution < 1.29 is 4.79 Å². The molecule has 0 radical (unpaired) electrons. The summed E-state index contributed by atoms with van der Waals surface area (Å²) >= 11 is 0. The van der Waals surface area contributed by atoms with Gasteiger partial charge >= 0.3 is 0 Å². The molecule has 0 atom stereocenters. The normalized spacial score (nSPS) is 15.6. The molecule has 0 amide bonds. The third-order valence-electron chi connectivity index (χ3n) is 7.40. The highest BCUT2D eigenvalue weighted by molar-refractivity contribution is 7.96. The van der Waals surface area contributed by atoms with E-state index in [1.165, 1.54) is 27.2 Å². The second kappa shape index (κ2) is 9.88. The molecule has 1 heterocycles. The van der Waals surface area contributed by atoms with Crippen molar-refractivity contribution in [2.45, 2.75) is 26.2 Å². The van der Waals surface area contributed by atoms with Crippen molar-refractivity contribution in [1.29, 1.82) is 0 Å². The van der Waals surface area contributed by atoms with Gasteiger partial charge in [0.2, 0.25) is 0 Å². The number of carbonyl (C=O) groups is 1. The number of benzene rings is 4. The van der Waals surface area contributed by atoms with E-state index in [0.717, 1.165) is 12.2 Å². The van der Waals surface area contributed by atoms with Crippen LogP contribution in [-0.4, -0.2) is 18.5 Å². The molecule has 1 aliphatic heterocycles. The van der Waals surface area contributed by atoms with E-state index in [9.17, 15) is 4.79 Å². The van der Waals surface area contributed by atoms with E-state index in [4.69, 9.17) is 0 Å². The van der Waals surface area contributed by atoms with Gasteiger partial charge in [-0.2, -0.15) is 0 Å². The fourth-order valence-electron chi connectivity index (χ4n) is 5.64. The van der Waals surface area contributed by atoms with Crippen LogP contribution in [0.25, 0.3) is 0 Å². The van der Waals surface area contributed by atoms with E-state index in [2.05, 4.69) is 141 Å². The first-order valence-corrected chi connectivity index (χ1v) is 14.6. The number of likely N-dealkylation sites (N-methyl/N-ethyl adjacent to an activating group) is 1. The summed E-state index contributed by atoms with van der Waals surface area (Å²) in [5.74, 6) is 0.175. The number of anilines is 1. The number of allylic oxidation sites excluding steroid dienone is 2. The SMILES string of the molecule is CCN1/C(=C/C(=O)C[P+](c2ccccc2)(c2ccccc2)c2ccccc2)C(C)(C)c2ccccc21. The summed E-state index contributed by atoms with van der Waals surface area (Å²) in [7, 11) is -2.22. The van der Waals surface area contributed by atoms with E-state index in [-0.39, 0.29) is 11.2 Å². The summed E-state index contributed by atoms with van der Waals surface area (Å²) in [6, 6.07) is 40.4. The largest absolute Gasteiger partial charge is 0.344 e. The molecule has 0 bridgehead atoms. The van der Waals surface area contributed by atoms with Gasteiger partial charge in [-0.1, -0.05) is 86.6 Å². The fourth-order valence-corrected chi connectivity index (χ4v) is 9.69. The minimum atomic E-state index is -2.22.